The Kier molecular flexibility index (Phi) is 10.7. The molecule has 0 amide bonds. The Morgan fingerprint density at radius 2 is 1.18 bits per heavy atom. The Bertz CT molecular complexity index is 295. The Balaban J connectivity index is 0.000000315. The molecule has 0 spiro atoms. The normalized spacial score (nSPS) is 26.0. The molecule has 2 saturated heterocycles. The molecule has 2 fully saturated rings. The maximum absolute atomic E-state index is 9.77. The molecule has 0 aromatic rings. The highest BCUT2D eigenvalue weighted by molar-refractivity contribution is 5.83. The summed E-state index contributed by atoms with van der Waals surface area (Å²) in [5, 5.41) is 39.2. The van der Waals surface area contributed by atoms with Crippen LogP contribution in [0.2, 0.25) is 0 Å². The van der Waals surface area contributed by atoms with Crippen molar-refractivity contribution in [2.45, 2.75) is 63.8 Å². The molecule has 0 saturated carbocycles. The third kappa shape index (κ3) is 9.67. The van der Waals surface area contributed by atoms with Crippen LogP contribution in [0.5, 0.6) is 0 Å². The van der Waals surface area contributed by atoms with Crippen LogP contribution >= 0.6 is 0 Å². The van der Waals surface area contributed by atoms with Crippen LogP contribution in [-0.4, -0.2) is 69.7 Å². The summed E-state index contributed by atoms with van der Waals surface area (Å²) in [6, 6.07) is 1.59. The molecule has 6 N–H and O–H groups in total. The zero-order chi connectivity index (χ0) is 17.1. The van der Waals surface area contributed by atoms with Gasteiger partial charge in [0.05, 0.1) is 0 Å². The third-order valence-electron chi connectivity index (χ3n) is 3.42. The van der Waals surface area contributed by atoms with Gasteiger partial charge in [-0.2, -0.15) is 0 Å². The van der Waals surface area contributed by atoms with E-state index in [9.17, 15) is 9.59 Å². The molecule has 2 aliphatic rings. The predicted octanol–water partition coefficient (Wildman–Crippen LogP) is -0.606. The quantitative estimate of drug-likeness (QED) is 0.405. The fourth-order valence-electron chi connectivity index (χ4n) is 1.99. The van der Waals surface area contributed by atoms with Crippen molar-refractivity contribution in [3.63, 3.8) is 0 Å². The Morgan fingerprint density at radius 1 is 0.864 bits per heavy atom. The molecule has 4 atom stereocenters. The second-order valence-electron chi connectivity index (χ2n) is 5.56. The lowest BCUT2D eigenvalue weighted by molar-refractivity contribution is -0.165. The minimum atomic E-state index is -2.27. The van der Waals surface area contributed by atoms with E-state index in [-0.39, 0.29) is 0 Å². The average molecular weight is 320 g/mol. The second kappa shape index (κ2) is 11.4. The van der Waals surface area contributed by atoms with E-state index in [2.05, 4.69) is 24.5 Å². The maximum Gasteiger partial charge on any atom is 0.335 e. The van der Waals surface area contributed by atoms with E-state index >= 15 is 0 Å². The van der Waals surface area contributed by atoms with E-state index in [1.165, 1.54) is 38.8 Å². The van der Waals surface area contributed by atoms with Crippen LogP contribution in [-0.2, 0) is 9.59 Å². The van der Waals surface area contributed by atoms with Crippen LogP contribution in [0.1, 0.15) is 39.5 Å². The van der Waals surface area contributed by atoms with Gasteiger partial charge in [0.25, 0.3) is 0 Å². The lowest BCUT2D eigenvalue weighted by Crippen LogP contribution is -2.39. The van der Waals surface area contributed by atoms with E-state index in [0.29, 0.717) is 0 Å². The summed E-state index contributed by atoms with van der Waals surface area (Å²) in [5.74, 6) is -3.54. The number of nitrogens with one attached hydrogen (secondary N) is 2. The molecule has 8 heteroatoms. The van der Waals surface area contributed by atoms with Crippen LogP contribution in [0.4, 0.5) is 0 Å². The van der Waals surface area contributed by atoms with Crippen LogP contribution in [0, 0.1) is 0 Å². The largest absolute Gasteiger partial charge is 0.479 e. The molecule has 2 heterocycles. The van der Waals surface area contributed by atoms with Crippen LogP contribution in [0.15, 0.2) is 0 Å². The van der Waals surface area contributed by atoms with E-state index < -0.39 is 24.1 Å². The van der Waals surface area contributed by atoms with Crippen molar-refractivity contribution >= 4 is 11.9 Å². The topological polar surface area (TPSA) is 139 Å². The first-order chi connectivity index (χ1) is 10.3. The summed E-state index contributed by atoms with van der Waals surface area (Å²) in [7, 11) is 0. The van der Waals surface area contributed by atoms with Crippen molar-refractivity contribution in [1.82, 2.24) is 10.6 Å². The minimum absolute atomic E-state index is 0.796. The van der Waals surface area contributed by atoms with Gasteiger partial charge in [-0.3, -0.25) is 0 Å². The standard InChI is InChI=1S/2C5H11N.C4H6O6/c2*1-5-3-2-4-6-5;5-1(3(7)8)2(6)4(9)10/h2*5-6H,2-4H2,1H3;1-2,5-6H,(H,7,8)(H,9,10)/t2*5-;/m11./s1. The molecule has 0 aromatic heterocycles. The summed E-state index contributed by atoms with van der Waals surface area (Å²) >= 11 is 0. The van der Waals surface area contributed by atoms with Gasteiger partial charge in [0.1, 0.15) is 0 Å². The fraction of sp³-hybridized carbons (Fsp3) is 0.857. The number of aliphatic hydroxyl groups is 2. The molecule has 0 aliphatic carbocycles. The molecular formula is C14H28N2O6. The van der Waals surface area contributed by atoms with Gasteiger partial charge < -0.3 is 31.1 Å². The second-order valence-corrected chi connectivity index (χ2v) is 5.56. The van der Waals surface area contributed by atoms with Gasteiger partial charge in [-0.25, -0.2) is 9.59 Å². The summed E-state index contributed by atoms with van der Waals surface area (Å²) < 4.78 is 0. The number of hydrogen-bond acceptors (Lipinski definition) is 6. The van der Waals surface area contributed by atoms with Crippen molar-refractivity contribution in [2.75, 3.05) is 13.1 Å². The molecule has 2 aliphatic heterocycles. The Morgan fingerprint density at radius 3 is 1.27 bits per heavy atom. The fourth-order valence-corrected chi connectivity index (χ4v) is 1.99. The van der Waals surface area contributed by atoms with E-state index in [4.69, 9.17) is 20.4 Å². The number of carbonyl (C=O) groups is 2. The summed E-state index contributed by atoms with van der Waals surface area (Å²) in [6.45, 7) is 6.93. The Hall–Kier alpha value is -1.22. The number of carboxylic acids is 2. The predicted molar refractivity (Wildman–Crippen MR) is 80.7 cm³/mol. The smallest absolute Gasteiger partial charge is 0.335 e. The molecule has 0 bridgehead atoms. The molecule has 0 radical (unpaired) electrons. The number of aliphatic carboxylic acids is 2. The number of rotatable bonds is 3. The SMILES string of the molecule is C[C@@H]1CCCN1.C[C@@H]1CCCN1.O=C(O)C(O)C(O)C(=O)O. The van der Waals surface area contributed by atoms with E-state index in [0.717, 1.165) is 12.1 Å². The number of aliphatic hydroxyl groups excluding tert-OH is 2. The van der Waals surface area contributed by atoms with E-state index in [1.54, 1.807) is 0 Å². The van der Waals surface area contributed by atoms with Gasteiger partial charge in [-0.1, -0.05) is 0 Å². The first-order valence-corrected chi connectivity index (χ1v) is 7.54. The highest BCUT2D eigenvalue weighted by Crippen LogP contribution is 2.02. The van der Waals surface area contributed by atoms with Crippen LogP contribution in [0.3, 0.4) is 0 Å². The average Bonchev–Trinajstić information content (AvgIpc) is 3.11. The minimum Gasteiger partial charge on any atom is -0.479 e. The zero-order valence-corrected chi connectivity index (χ0v) is 13.2. The van der Waals surface area contributed by atoms with Gasteiger partial charge in [0.2, 0.25) is 0 Å². The highest BCUT2D eigenvalue weighted by Gasteiger charge is 2.29. The summed E-state index contributed by atoms with van der Waals surface area (Å²) in [4.78, 5) is 19.5. The highest BCUT2D eigenvalue weighted by atomic mass is 16.4. The lowest BCUT2D eigenvalue weighted by atomic mass is 10.2. The molecular weight excluding hydrogens is 292 g/mol. The van der Waals surface area contributed by atoms with Gasteiger partial charge in [0, 0.05) is 12.1 Å². The summed E-state index contributed by atoms with van der Waals surface area (Å²) in [6.07, 6.45) is 0.970. The van der Waals surface area contributed by atoms with Gasteiger partial charge in [0.15, 0.2) is 12.2 Å². The zero-order valence-electron chi connectivity index (χ0n) is 13.2. The molecule has 2 unspecified atom stereocenters. The maximum atomic E-state index is 9.77. The molecule has 8 nitrogen and oxygen atoms in total. The van der Waals surface area contributed by atoms with Gasteiger partial charge >= 0.3 is 11.9 Å². The first-order valence-electron chi connectivity index (χ1n) is 7.54. The monoisotopic (exact) mass is 320 g/mol. The van der Waals surface area contributed by atoms with Crippen LogP contribution in [0.25, 0.3) is 0 Å². The van der Waals surface area contributed by atoms with Crippen molar-refractivity contribution < 1.29 is 30.0 Å². The Labute approximate surface area is 130 Å². The molecule has 130 valence electrons. The van der Waals surface area contributed by atoms with Gasteiger partial charge in [-0.05, 0) is 52.6 Å². The van der Waals surface area contributed by atoms with Crippen molar-refractivity contribution in [3.05, 3.63) is 0 Å². The molecule has 22 heavy (non-hydrogen) atoms. The van der Waals surface area contributed by atoms with E-state index in [1.807, 2.05) is 0 Å². The third-order valence-corrected chi connectivity index (χ3v) is 3.42. The van der Waals surface area contributed by atoms with Crippen molar-refractivity contribution in [2.24, 2.45) is 0 Å². The molecule has 2 rings (SSSR count). The van der Waals surface area contributed by atoms with Crippen LogP contribution < -0.4 is 10.6 Å². The number of carboxylic acid groups (broad SMARTS) is 2. The van der Waals surface area contributed by atoms with Crippen molar-refractivity contribution in [3.8, 4) is 0 Å². The lowest BCUT2D eigenvalue weighted by Gasteiger charge is -2.07. The van der Waals surface area contributed by atoms with Gasteiger partial charge in [-0.15, -0.1) is 0 Å². The number of hydrogen-bond donors (Lipinski definition) is 6. The first kappa shape index (κ1) is 20.8. The summed E-state index contributed by atoms with van der Waals surface area (Å²) in [5.41, 5.74) is 0. The van der Waals surface area contributed by atoms with Crippen molar-refractivity contribution in [1.29, 1.82) is 0 Å². The molecule has 0 aromatic carbocycles.